The highest BCUT2D eigenvalue weighted by atomic mass is 35.5. The van der Waals surface area contributed by atoms with Crippen molar-refractivity contribution < 1.29 is 0 Å². The van der Waals surface area contributed by atoms with Crippen molar-refractivity contribution in [2.75, 3.05) is 25.0 Å². The highest BCUT2D eigenvalue weighted by Gasteiger charge is 2.11. The SMILES string of the molecule is CCN(CC)CCCC(C)Nc1c2ccccc2nc2ccccc12.Cl. The van der Waals surface area contributed by atoms with Gasteiger partial charge in [0.15, 0.2) is 0 Å². The Kier molecular flexibility index (Phi) is 7.67. The summed E-state index contributed by atoms with van der Waals surface area (Å²) < 4.78 is 0. The van der Waals surface area contributed by atoms with Gasteiger partial charge in [0.1, 0.15) is 0 Å². The molecular weight excluding hydrogens is 342 g/mol. The number of aromatic nitrogens is 1. The summed E-state index contributed by atoms with van der Waals surface area (Å²) in [6, 6.07) is 17.3. The molecule has 0 aliphatic heterocycles. The molecule has 0 aliphatic rings. The van der Waals surface area contributed by atoms with Crippen molar-refractivity contribution in [3.05, 3.63) is 48.5 Å². The lowest BCUT2D eigenvalue weighted by Gasteiger charge is -2.21. The Hall–Kier alpha value is -1.84. The Morgan fingerprint density at radius 3 is 2.00 bits per heavy atom. The van der Waals surface area contributed by atoms with Gasteiger partial charge in [0.25, 0.3) is 0 Å². The monoisotopic (exact) mass is 371 g/mol. The van der Waals surface area contributed by atoms with E-state index in [1.165, 1.54) is 35.8 Å². The van der Waals surface area contributed by atoms with Crippen LogP contribution in [0.15, 0.2) is 48.5 Å². The van der Waals surface area contributed by atoms with Gasteiger partial charge in [-0.05, 0) is 51.5 Å². The number of nitrogens with one attached hydrogen (secondary N) is 1. The number of anilines is 1. The third-order valence-electron chi connectivity index (χ3n) is 4.98. The quantitative estimate of drug-likeness (QED) is 0.512. The summed E-state index contributed by atoms with van der Waals surface area (Å²) in [7, 11) is 0. The molecule has 0 saturated heterocycles. The third kappa shape index (κ3) is 4.66. The molecule has 1 atom stereocenters. The van der Waals surface area contributed by atoms with E-state index in [9.17, 15) is 0 Å². The molecule has 0 spiro atoms. The van der Waals surface area contributed by atoms with Crippen LogP contribution in [-0.2, 0) is 0 Å². The van der Waals surface area contributed by atoms with Gasteiger partial charge >= 0.3 is 0 Å². The molecule has 3 aromatic rings. The van der Waals surface area contributed by atoms with Crippen LogP contribution in [-0.4, -0.2) is 35.6 Å². The molecule has 2 aromatic carbocycles. The summed E-state index contributed by atoms with van der Waals surface area (Å²) in [4.78, 5) is 7.30. The molecule has 0 bridgehead atoms. The van der Waals surface area contributed by atoms with E-state index in [1.807, 2.05) is 0 Å². The highest BCUT2D eigenvalue weighted by Crippen LogP contribution is 2.31. The zero-order chi connectivity index (χ0) is 17.6. The topological polar surface area (TPSA) is 28.2 Å². The molecule has 1 aromatic heterocycles. The first kappa shape index (κ1) is 20.5. The molecule has 1 heterocycles. The van der Waals surface area contributed by atoms with Crippen molar-refractivity contribution in [3.8, 4) is 0 Å². The molecule has 4 heteroatoms. The predicted octanol–water partition coefficient (Wildman–Crippen LogP) is 5.73. The average Bonchev–Trinajstić information content (AvgIpc) is 2.65. The first-order chi connectivity index (χ1) is 12.2. The van der Waals surface area contributed by atoms with E-state index >= 15 is 0 Å². The Morgan fingerprint density at radius 1 is 0.923 bits per heavy atom. The average molecular weight is 372 g/mol. The van der Waals surface area contributed by atoms with Gasteiger partial charge in [0.05, 0.1) is 16.7 Å². The van der Waals surface area contributed by atoms with Gasteiger partial charge in [-0.25, -0.2) is 4.98 Å². The predicted molar refractivity (Wildman–Crippen MR) is 117 cm³/mol. The molecule has 1 N–H and O–H groups in total. The summed E-state index contributed by atoms with van der Waals surface area (Å²) in [6.07, 6.45) is 2.39. The van der Waals surface area contributed by atoms with Gasteiger partial charge in [-0.1, -0.05) is 50.2 Å². The minimum atomic E-state index is 0. The van der Waals surface area contributed by atoms with Crippen LogP contribution in [0.3, 0.4) is 0 Å². The maximum atomic E-state index is 4.81. The van der Waals surface area contributed by atoms with E-state index < -0.39 is 0 Å². The van der Waals surface area contributed by atoms with Crippen molar-refractivity contribution in [2.45, 2.75) is 39.7 Å². The van der Waals surface area contributed by atoms with Crippen LogP contribution in [0.5, 0.6) is 0 Å². The molecule has 0 saturated carbocycles. The number of pyridine rings is 1. The van der Waals surface area contributed by atoms with Crippen molar-refractivity contribution in [1.29, 1.82) is 0 Å². The van der Waals surface area contributed by atoms with Crippen molar-refractivity contribution in [2.24, 2.45) is 0 Å². The molecular formula is C22H30ClN3. The van der Waals surface area contributed by atoms with Gasteiger partial charge in [0.2, 0.25) is 0 Å². The summed E-state index contributed by atoms with van der Waals surface area (Å²) in [5, 5.41) is 6.19. The highest BCUT2D eigenvalue weighted by molar-refractivity contribution is 6.07. The molecule has 140 valence electrons. The number of rotatable bonds is 8. The van der Waals surface area contributed by atoms with E-state index in [4.69, 9.17) is 4.98 Å². The van der Waals surface area contributed by atoms with Crippen LogP contribution >= 0.6 is 12.4 Å². The number of hydrogen-bond donors (Lipinski definition) is 1. The minimum absolute atomic E-state index is 0. The van der Waals surface area contributed by atoms with E-state index in [0.717, 1.165) is 24.1 Å². The summed E-state index contributed by atoms with van der Waals surface area (Å²) in [5.41, 5.74) is 3.33. The van der Waals surface area contributed by atoms with Gasteiger partial charge in [0, 0.05) is 16.8 Å². The van der Waals surface area contributed by atoms with Crippen LogP contribution < -0.4 is 5.32 Å². The van der Waals surface area contributed by atoms with Crippen LogP contribution in [0.1, 0.15) is 33.6 Å². The first-order valence-corrected chi connectivity index (χ1v) is 9.49. The maximum absolute atomic E-state index is 4.81. The minimum Gasteiger partial charge on any atom is -0.381 e. The molecule has 3 rings (SSSR count). The molecule has 26 heavy (non-hydrogen) atoms. The van der Waals surface area contributed by atoms with E-state index in [2.05, 4.69) is 79.5 Å². The number of benzene rings is 2. The molecule has 0 fully saturated rings. The lowest BCUT2D eigenvalue weighted by Crippen LogP contribution is -2.25. The van der Waals surface area contributed by atoms with Crippen molar-refractivity contribution in [3.63, 3.8) is 0 Å². The Bertz CT molecular complexity index is 776. The fraction of sp³-hybridized carbons (Fsp3) is 0.409. The molecule has 0 aliphatic carbocycles. The number of para-hydroxylation sites is 2. The molecule has 0 radical (unpaired) electrons. The standard InChI is InChI=1S/C22H29N3.ClH/c1-4-25(5-2)16-10-11-17(3)23-22-18-12-6-8-14-20(18)24-21-15-9-7-13-19(21)22;/h6-9,12-15,17H,4-5,10-11,16H2,1-3H3,(H,23,24);1H. The molecule has 3 nitrogen and oxygen atoms in total. The van der Waals surface area contributed by atoms with Crippen molar-refractivity contribution >= 4 is 39.9 Å². The number of fused-ring (bicyclic) bond motifs is 2. The largest absolute Gasteiger partial charge is 0.381 e. The van der Waals surface area contributed by atoms with E-state index in [-0.39, 0.29) is 12.4 Å². The number of halogens is 1. The van der Waals surface area contributed by atoms with Crippen molar-refractivity contribution in [1.82, 2.24) is 9.88 Å². The lowest BCUT2D eigenvalue weighted by molar-refractivity contribution is 0.295. The normalized spacial score (nSPS) is 12.3. The number of hydrogen-bond acceptors (Lipinski definition) is 3. The zero-order valence-corrected chi connectivity index (χ0v) is 16.9. The van der Waals surface area contributed by atoms with E-state index in [1.54, 1.807) is 0 Å². The summed E-state index contributed by atoms with van der Waals surface area (Å²) >= 11 is 0. The summed E-state index contributed by atoms with van der Waals surface area (Å²) in [5.74, 6) is 0. The van der Waals surface area contributed by atoms with Crippen LogP contribution in [0.2, 0.25) is 0 Å². The second-order valence-electron chi connectivity index (χ2n) is 6.74. The van der Waals surface area contributed by atoms with Crippen LogP contribution in [0.25, 0.3) is 21.8 Å². The smallest absolute Gasteiger partial charge is 0.0730 e. The Morgan fingerprint density at radius 2 is 1.46 bits per heavy atom. The molecule has 0 amide bonds. The van der Waals surface area contributed by atoms with Gasteiger partial charge in [-0.3, -0.25) is 0 Å². The fourth-order valence-corrected chi connectivity index (χ4v) is 3.47. The first-order valence-electron chi connectivity index (χ1n) is 9.49. The Labute approximate surface area is 163 Å². The van der Waals surface area contributed by atoms with Gasteiger partial charge < -0.3 is 10.2 Å². The zero-order valence-electron chi connectivity index (χ0n) is 16.0. The number of nitrogens with zero attached hydrogens (tertiary/aromatic N) is 2. The fourth-order valence-electron chi connectivity index (χ4n) is 3.47. The second-order valence-corrected chi connectivity index (χ2v) is 6.74. The lowest BCUT2D eigenvalue weighted by atomic mass is 10.1. The summed E-state index contributed by atoms with van der Waals surface area (Å²) in [6.45, 7) is 10.2. The van der Waals surface area contributed by atoms with Crippen LogP contribution in [0, 0.1) is 0 Å². The molecule has 1 unspecified atom stereocenters. The maximum Gasteiger partial charge on any atom is 0.0730 e. The van der Waals surface area contributed by atoms with Crippen LogP contribution in [0.4, 0.5) is 5.69 Å². The Balaban J connectivity index is 0.00000243. The van der Waals surface area contributed by atoms with Gasteiger partial charge in [-0.2, -0.15) is 0 Å². The second kappa shape index (κ2) is 9.75. The van der Waals surface area contributed by atoms with Gasteiger partial charge in [-0.15, -0.1) is 12.4 Å². The van der Waals surface area contributed by atoms with E-state index in [0.29, 0.717) is 6.04 Å². The third-order valence-corrected chi connectivity index (χ3v) is 4.98.